The third-order valence-electron chi connectivity index (χ3n) is 5.89. The number of anilines is 1. The highest BCUT2D eigenvalue weighted by Gasteiger charge is 2.39. The highest BCUT2D eigenvalue weighted by Crippen LogP contribution is 2.41. The van der Waals surface area contributed by atoms with Gasteiger partial charge in [0.1, 0.15) is 0 Å². The third kappa shape index (κ3) is 6.40. The average Bonchev–Trinajstić information content (AvgIpc) is 2.77. The van der Waals surface area contributed by atoms with E-state index in [-0.39, 0.29) is 38.5 Å². The predicted molar refractivity (Wildman–Crippen MR) is 110 cm³/mol. The summed E-state index contributed by atoms with van der Waals surface area (Å²) >= 11 is 0. The first-order valence-corrected chi connectivity index (χ1v) is 10.6. The SMILES string of the molecule is CC(CC(=O)N1CCN(c2cc(C(F)(F)F)ccc2C(F)(F)F)CC1)c1ccc(C(F)(F)F)cc1. The molecule has 2 aromatic rings. The normalized spacial score (nSPS) is 16.4. The first kappa shape index (κ1) is 26.7. The van der Waals surface area contributed by atoms with E-state index in [1.807, 2.05) is 0 Å². The second-order valence-electron chi connectivity index (χ2n) is 8.32. The second-order valence-corrected chi connectivity index (χ2v) is 8.32. The minimum Gasteiger partial charge on any atom is -0.367 e. The molecule has 1 unspecified atom stereocenters. The molecule has 3 nitrogen and oxygen atoms in total. The standard InChI is InChI=1S/C23H21F9N2O/c1-14(15-2-4-16(5-3-15)21(24,25)26)12-20(35)34-10-8-33(9-11-34)19-13-17(22(27,28)29)6-7-18(19)23(30,31)32/h2-7,13-14H,8-12H2,1H3. The molecule has 12 heteroatoms. The van der Waals surface area contributed by atoms with Crippen LogP contribution in [0.25, 0.3) is 0 Å². The summed E-state index contributed by atoms with van der Waals surface area (Å²) in [6.07, 6.45) is -14.2. The van der Waals surface area contributed by atoms with Gasteiger partial charge in [0, 0.05) is 38.3 Å². The number of benzene rings is 2. The van der Waals surface area contributed by atoms with E-state index in [1.54, 1.807) is 6.92 Å². The fourth-order valence-electron chi connectivity index (χ4n) is 3.92. The molecule has 0 N–H and O–H groups in total. The van der Waals surface area contributed by atoms with Gasteiger partial charge in [0.2, 0.25) is 5.91 Å². The van der Waals surface area contributed by atoms with E-state index in [0.29, 0.717) is 23.8 Å². The van der Waals surface area contributed by atoms with Gasteiger partial charge in [-0.1, -0.05) is 19.1 Å². The van der Waals surface area contributed by atoms with Gasteiger partial charge in [-0.25, -0.2) is 0 Å². The predicted octanol–water partition coefficient (Wildman–Crippen LogP) is 6.59. The number of alkyl halides is 9. The van der Waals surface area contributed by atoms with Crippen molar-refractivity contribution in [1.82, 2.24) is 4.90 Å². The zero-order valence-electron chi connectivity index (χ0n) is 18.4. The third-order valence-corrected chi connectivity index (χ3v) is 5.89. The van der Waals surface area contributed by atoms with Crippen molar-refractivity contribution in [2.45, 2.75) is 37.8 Å². The van der Waals surface area contributed by atoms with Crippen molar-refractivity contribution in [2.75, 3.05) is 31.1 Å². The maximum Gasteiger partial charge on any atom is 0.418 e. The van der Waals surface area contributed by atoms with Crippen molar-refractivity contribution >= 4 is 11.6 Å². The molecule has 35 heavy (non-hydrogen) atoms. The Labute approximate surface area is 195 Å². The number of amides is 1. The van der Waals surface area contributed by atoms with Gasteiger partial charge in [0.25, 0.3) is 0 Å². The second kappa shape index (κ2) is 9.62. The molecule has 0 bridgehead atoms. The van der Waals surface area contributed by atoms with Crippen LogP contribution in [0.5, 0.6) is 0 Å². The topological polar surface area (TPSA) is 23.6 Å². The minimum absolute atomic E-state index is 0.00783. The van der Waals surface area contributed by atoms with Crippen molar-refractivity contribution in [2.24, 2.45) is 0 Å². The molecule has 1 heterocycles. The molecule has 1 saturated heterocycles. The molecule has 1 fully saturated rings. The summed E-state index contributed by atoms with van der Waals surface area (Å²) in [5.74, 6) is -0.764. The molecular weight excluding hydrogens is 491 g/mol. The molecule has 0 aromatic heterocycles. The molecule has 1 aliphatic heterocycles. The summed E-state index contributed by atoms with van der Waals surface area (Å²) in [7, 11) is 0. The van der Waals surface area contributed by atoms with E-state index in [1.165, 1.54) is 21.9 Å². The Kier molecular flexibility index (Phi) is 7.33. The number of rotatable bonds is 4. The molecule has 0 spiro atoms. The van der Waals surface area contributed by atoms with Gasteiger partial charge >= 0.3 is 18.5 Å². The van der Waals surface area contributed by atoms with Gasteiger partial charge in [0.05, 0.1) is 16.7 Å². The maximum absolute atomic E-state index is 13.4. The van der Waals surface area contributed by atoms with E-state index >= 15 is 0 Å². The summed E-state index contributed by atoms with van der Waals surface area (Å²) in [4.78, 5) is 15.2. The van der Waals surface area contributed by atoms with Crippen LogP contribution in [0.3, 0.4) is 0 Å². The Bertz CT molecular complexity index is 1030. The lowest BCUT2D eigenvalue weighted by Gasteiger charge is -2.37. The molecule has 1 amide bonds. The molecular formula is C23H21F9N2O. The fraction of sp³-hybridized carbons (Fsp3) is 0.435. The molecule has 3 rings (SSSR count). The molecule has 1 atom stereocenters. The minimum atomic E-state index is -4.86. The first-order chi connectivity index (χ1) is 16.1. The quantitative estimate of drug-likeness (QED) is 0.432. The Morgan fingerprint density at radius 3 is 1.77 bits per heavy atom. The van der Waals surface area contributed by atoms with Crippen molar-refractivity contribution in [3.8, 4) is 0 Å². The van der Waals surface area contributed by atoms with Gasteiger partial charge in [-0.15, -0.1) is 0 Å². The Balaban J connectivity index is 1.67. The number of carbonyl (C=O) groups excluding carboxylic acids is 1. The summed E-state index contributed by atoms with van der Waals surface area (Å²) in [5, 5.41) is 0. The summed E-state index contributed by atoms with van der Waals surface area (Å²) in [6.45, 7) is 1.43. The van der Waals surface area contributed by atoms with Crippen LogP contribution >= 0.6 is 0 Å². The molecule has 192 valence electrons. The van der Waals surface area contributed by atoms with E-state index in [2.05, 4.69) is 0 Å². The highest BCUT2D eigenvalue weighted by atomic mass is 19.4. The van der Waals surface area contributed by atoms with Crippen molar-refractivity contribution in [3.05, 3.63) is 64.7 Å². The van der Waals surface area contributed by atoms with E-state index in [9.17, 15) is 44.3 Å². The molecule has 0 radical (unpaired) electrons. The average molecular weight is 512 g/mol. The van der Waals surface area contributed by atoms with Crippen LogP contribution in [0.15, 0.2) is 42.5 Å². The number of piperazine rings is 1. The van der Waals surface area contributed by atoms with Crippen molar-refractivity contribution in [1.29, 1.82) is 0 Å². The Morgan fingerprint density at radius 1 is 0.771 bits per heavy atom. The summed E-state index contributed by atoms with van der Waals surface area (Å²) in [5.41, 5.74) is -3.30. The van der Waals surface area contributed by atoms with Crippen LogP contribution in [0.2, 0.25) is 0 Å². The van der Waals surface area contributed by atoms with E-state index in [4.69, 9.17) is 0 Å². The highest BCUT2D eigenvalue weighted by molar-refractivity contribution is 5.77. The van der Waals surface area contributed by atoms with Gasteiger partial charge in [-0.3, -0.25) is 4.79 Å². The van der Waals surface area contributed by atoms with Gasteiger partial charge in [-0.05, 0) is 41.8 Å². The van der Waals surface area contributed by atoms with Crippen LogP contribution in [-0.4, -0.2) is 37.0 Å². The van der Waals surface area contributed by atoms with Crippen LogP contribution in [0.4, 0.5) is 45.2 Å². The lowest BCUT2D eigenvalue weighted by atomic mass is 9.96. The monoisotopic (exact) mass is 512 g/mol. The zero-order chi connectivity index (χ0) is 26.2. The number of carbonyl (C=O) groups is 1. The van der Waals surface area contributed by atoms with Gasteiger partial charge in [0.15, 0.2) is 0 Å². The van der Waals surface area contributed by atoms with Crippen molar-refractivity contribution < 1.29 is 44.3 Å². The van der Waals surface area contributed by atoms with E-state index in [0.717, 1.165) is 12.1 Å². The lowest BCUT2D eigenvalue weighted by Crippen LogP contribution is -2.49. The maximum atomic E-state index is 13.4. The van der Waals surface area contributed by atoms with Crippen LogP contribution in [0, 0.1) is 0 Å². The largest absolute Gasteiger partial charge is 0.418 e. The van der Waals surface area contributed by atoms with Crippen LogP contribution in [0.1, 0.15) is 41.5 Å². The van der Waals surface area contributed by atoms with Gasteiger partial charge in [-0.2, -0.15) is 39.5 Å². The Morgan fingerprint density at radius 2 is 1.29 bits per heavy atom. The van der Waals surface area contributed by atoms with Crippen LogP contribution in [-0.2, 0) is 23.3 Å². The zero-order valence-corrected chi connectivity index (χ0v) is 18.4. The fourth-order valence-corrected chi connectivity index (χ4v) is 3.92. The van der Waals surface area contributed by atoms with Crippen molar-refractivity contribution in [3.63, 3.8) is 0 Å². The van der Waals surface area contributed by atoms with Gasteiger partial charge < -0.3 is 9.80 Å². The van der Waals surface area contributed by atoms with Crippen LogP contribution < -0.4 is 4.90 Å². The smallest absolute Gasteiger partial charge is 0.367 e. The number of hydrogen-bond donors (Lipinski definition) is 0. The number of hydrogen-bond acceptors (Lipinski definition) is 2. The number of halogens is 9. The molecule has 0 saturated carbocycles. The lowest BCUT2D eigenvalue weighted by molar-refractivity contribution is -0.141. The first-order valence-electron chi connectivity index (χ1n) is 10.6. The summed E-state index contributed by atoms with van der Waals surface area (Å²) in [6, 6.07) is 5.66. The molecule has 0 aliphatic carbocycles. The molecule has 2 aromatic carbocycles. The summed E-state index contributed by atoms with van der Waals surface area (Å²) < 4.78 is 118. The van der Waals surface area contributed by atoms with E-state index < -0.39 is 46.8 Å². The number of nitrogens with zero attached hydrogens (tertiary/aromatic N) is 2. The Hall–Kier alpha value is -2.92. The molecule has 1 aliphatic rings.